The molecular weight excluding hydrogens is 474 g/mol. The quantitative estimate of drug-likeness (QED) is 0.389. The maximum atomic E-state index is 12.9. The van der Waals surface area contributed by atoms with Crippen LogP contribution in [0.4, 0.5) is 4.79 Å². The summed E-state index contributed by atoms with van der Waals surface area (Å²) in [7, 11) is 4.35. The number of nitrogens with zero attached hydrogens (tertiary/aromatic N) is 1. The number of nitrogens with one attached hydrogen (secondary N) is 2. The van der Waals surface area contributed by atoms with Crippen LogP contribution < -0.4 is 10.6 Å². The molecule has 6 nitrogen and oxygen atoms in total. The van der Waals surface area contributed by atoms with Crippen molar-refractivity contribution >= 4 is 12.0 Å². The van der Waals surface area contributed by atoms with E-state index in [0.717, 1.165) is 43.2 Å². The minimum Gasteiger partial charge on any atom is -0.445 e. The van der Waals surface area contributed by atoms with E-state index in [1.807, 2.05) is 54.6 Å². The molecule has 2 amide bonds. The predicted molar refractivity (Wildman–Crippen MR) is 151 cm³/mol. The lowest BCUT2D eigenvalue weighted by atomic mass is 9.74. The summed E-state index contributed by atoms with van der Waals surface area (Å²) in [4.78, 5) is 27.3. The lowest BCUT2D eigenvalue weighted by molar-refractivity contribution is 0.0769. The summed E-state index contributed by atoms with van der Waals surface area (Å²) in [5.74, 6) is -0.0481. The average molecular weight is 514 g/mol. The molecule has 4 rings (SSSR count). The van der Waals surface area contributed by atoms with Crippen LogP contribution in [-0.2, 0) is 24.3 Å². The van der Waals surface area contributed by atoms with Crippen molar-refractivity contribution in [2.24, 2.45) is 0 Å². The van der Waals surface area contributed by atoms with E-state index >= 15 is 0 Å². The number of hydrogen-bond donors (Lipinski definition) is 2. The molecule has 6 heteroatoms. The van der Waals surface area contributed by atoms with E-state index in [2.05, 4.69) is 60.8 Å². The number of carbonyl (C=O) groups excluding carboxylic acids is 2. The smallest absolute Gasteiger partial charge is 0.407 e. The molecule has 0 radical (unpaired) electrons. The maximum absolute atomic E-state index is 12.9. The fourth-order valence-electron chi connectivity index (χ4n) is 5.24. The third-order valence-corrected chi connectivity index (χ3v) is 7.85. The van der Waals surface area contributed by atoms with Crippen molar-refractivity contribution in [1.29, 1.82) is 0 Å². The Morgan fingerprint density at radius 2 is 1.55 bits per heavy atom. The summed E-state index contributed by atoms with van der Waals surface area (Å²) in [6, 6.07) is 25.7. The number of rotatable bonds is 9. The van der Waals surface area contributed by atoms with Gasteiger partial charge in [0.1, 0.15) is 6.61 Å². The fourth-order valence-corrected chi connectivity index (χ4v) is 5.24. The molecule has 0 unspecified atom stereocenters. The molecule has 1 saturated carbocycles. The molecular formula is C32H39N3O3. The van der Waals surface area contributed by atoms with Gasteiger partial charge in [0.2, 0.25) is 0 Å². The van der Waals surface area contributed by atoms with Gasteiger partial charge in [-0.2, -0.15) is 0 Å². The van der Waals surface area contributed by atoms with Crippen LogP contribution >= 0.6 is 0 Å². The van der Waals surface area contributed by atoms with Crippen molar-refractivity contribution in [3.63, 3.8) is 0 Å². The third kappa shape index (κ3) is 7.23. The zero-order valence-corrected chi connectivity index (χ0v) is 22.7. The first-order chi connectivity index (χ1) is 18.3. The van der Waals surface area contributed by atoms with E-state index in [-0.39, 0.29) is 24.1 Å². The zero-order chi connectivity index (χ0) is 27.0. The van der Waals surface area contributed by atoms with Crippen molar-refractivity contribution in [3.05, 3.63) is 107 Å². The molecule has 0 heterocycles. The first kappa shape index (κ1) is 27.4. The number of hydrogen-bond acceptors (Lipinski definition) is 4. The highest BCUT2D eigenvalue weighted by molar-refractivity contribution is 5.94. The van der Waals surface area contributed by atoms with Crippen LogP contribution in [0.3, 0.4) is 0 Å². The van der Waals surface area contributed by atoms with Crippen LogP contribution in [0.1, 0.15) is 58.3 Å². The number of benzene rings is 3. The number of ether oxygens (including phenoxy) is 1. The third-order valence-electron chi connectivity index (χ3n) is 7.85. The molecule has 3 aromatic carbocycles. The lowest BCUT2D eigenvalue weighted by Gasteiger charge is -2.45. The standard InChI is InChI=1S/C32H39N3O3/c1-24-9-7-8-12-28(24)21-32(35(2)3)19-17-29(18-20-32)34-30(36)27-15-13-25(14-16-27)22-33-31(37)38-23-26-10-5-4-6-11-26/h4-16,29H,17-23H2,1-3H3,(H,33,37)(H,34,36). The second kappa shape index (κ2) is 12.7. The van der Waals surface area contributed by atoms with E-state index < -0.39 is 6.09 Å². The molecule has 2 N–H and O–H groups in total. The highest BCUT2D eigenvalue weighted by Crippen LogP contribution is 2.36. The molecule has 3 aromatic rings. The van der Waals surface area contributed by atoms with Crippen molar-refractivity contribution in [3.8, 4) is 0 Å². The Hall–Kier alpha value is -3.64. The topological polar surface area (TPSA) is 70.7 Å². The van der Waals surface area contributed by atoms with Gasteiger partial charge in [-0.1, -0.05) is 66.7 Å². The van der Waals surface area contributed by atoms with Gasteiger partial charge in [-0.05, 0) is 87.5 Å². The largest absolute Gasteiger partial charge is 0.445 e. The van der Waals surface area contributed by atoms with Crippen molar-refractivity contribution in [2.45, 2.75) is 63.8 Å². The minimum absolute atomic E-state index is 0.0481. The fraction of sp³-hybridized carbons (Fsp3) is 0.375. The second-order valence-corrected chi connectivity index (χ2v) is 10.6. The van der Waals surface area contributed by atoms with Gasteiger partial charge in [0.25, 0.3) is 5.91 Å². The Morgan fingerprint density at radius 1 is 0.895 bits per heavy atom. The zero-order valence-electron chi connectivity index (χ0n) is 22.7. The summed E-state index contributed by atoms with van der Waals surface area (Å²) in [5.41, 5.74) is 5.33. The molecule has 0 atom stereocenters. The first-order valence-corrected chi connectivity index (χ1v) is 13.4. The van der Waals surface area contributed by atoms with Crippen LogP contribution in [-0.4, -0.2) is 42.6 Å². The molecule has 1 aliphatic carbocycles. The van der Waals surface area contributed by atoms with Gasteiger partial charge in [0.15, 0.2) is 0 Å². The number of carbonyl (C=O) groups is 2. The van der Waals surface area contributed by atoms with Crippen molar-refractivity contribution in [2.75, 3.05) is 14.1 Å². The Balaban J connectivity index is 1.24. The molecule has 1 aliphatic rings. The SMILES string of the molecule is Cc1ccccc1CC1(N(C)C)CCC(NC(=O)c2ccc(CNC(=O)OCc3ccccc3)cc2)CC1. The van der Waals surface area contributed by atoms with Gasteiger partial charge in [-0.25, -0.2) is 4.79 Å². The number of likely N-dealkylation sites (N-methyl/N-ethyl adjacent to an activating group) is 1. The Bertz CT molecular complexity index is 1200. The van der Waals surface area contributed by atoms with Crippen LogP contribution in [0.15, 0.2) is 78.9 Å². The molecule has 200 valence electrons. The van der Waals surface area contributed by atoms with Crippen molar-refractivity contribution in [1.82, 2.24) is 15.5 Å². The summed E-state index contributed by atoms with van der Waals surface area (Å²) < 4.78 is 5.25. The molecule has 0 aliphatic heterocycles. The van der Waals surface area contributed by atoms with Gasteiger partial charge in [0.05, 0.1) is 0 Å². The number of aryl methyl sites for hydroxylation is 1. The van der Waals surface area contributed by atoms with Crippen LogP contribution in [0.2, 0.25) is 0 Å². The summed E-state index contributed by atoms with van der Waals surface area (Å²) in [6.07, 6.45) is 4.58. The number of amides is 2. The molecule has 1 fully saturated rings. The van der Waals surface area contributed by atoms with Gasteiger partial charge in [-0.15, -0.1) is 0 Å². The molecule has 38 heavy (non-hydrogen) atoms. The number of alkyl carbamates (subject to hydrolysis) is 1. The van der Waals surface area contributed by atoms with Gasteiger partial charge >= 0.3 is 6.09 Å². The van der Waals surface area contributed by atoms with E-state index in [4.69, 9.17) is 4.74 Å². The van der Waals surface area contributed by atoms with Crippen LogP contribution in [0.25, 0.3) is 0 Å². The van der Waals surface area contributed by atoms with E-state index in [1.54, 1.807) is 0 Å². The Labute approximate surface area is 226 Å². The minimum atomic E-state index is -0.468. The summed E-state index contributed by atoms with van der Waals surface area (Å²) in [6.45, 7) is 2.75. The van der Waals surface area contributed by atoms with Crippen molar-refractivity contribution < 1.29 is 14.3 Å². The Morgan fingerprint density at radius 3 is 2.21 bits per heavy atom. The summed E-state index contributed by atoms with van der Waals surface area (Å²) in [5, 5.41) is 6.00. The summed E-state index contributed by atoms with van der Waals surface area (Å²) >= 11 is 0. The van der Waals surface area contributed by atoms with Gasteiger partial charge in [-0.3, -0.25) is 4.79 Å². The van der Waals surface area contributed by atoms with Gasteiger partial charge in [0, 0.05) is 23.7 Å². The monoisotopic (exact) mass is 513 g/mol. The first-order valence-electron chi connectivity index (χ1n) is 13.4. The molecule has 0 spiro atoms. The molecule has 0 saturated heterocycles. The van der Waals surface area contributed by atoms with E-state index in [0.29, 0.717) is 12.1 Å². The second-order valence-electron chi connectivity index (χ2n) is 10.6. The Kier molecular flexibility index (Phi) is 9.19. The predicted octanol–water partition coefficient (Wildman–Crippen LogP) is 5.64. The average Bonchev–Trinajstić information content (AvgIpc) is 2.94. The van der Waals surface area contributed by atoms with Gasteiger partial charge < -0.3 is 20.3 Å². The van der Waals surface area contributed by atoms with Crippen LogP contribution in [0, 0.1) is 6.92 Å². The van der Waals surface area contributed by atoms with Crippen LogP contribution in [0.5, 0.6) is 0 Å². The maximum Gasteiger partial charge on any atom is 0.407 e. The highest BCUT2D eigenvalue weighted by atomic mass is 16.5. The molecule has 0 aromatic heterocycles. The lowest BCUT2D eigenvalue weighted by Crippen LogP contribution is -2.52. The van der Waals surface area contributed by atoms with E-state index in [9.17, 15) is 9.59 Å². The van der Waals surface area contributed by atoms with E-state index in [1.165, 1.54) is 11.1 Å². The molecule has 0 bridgehead atoms. The highest BCUT2D eigenvalue weighted by Gasteiger charge is 2.38. The normalized spacial score (nSPS) is 19.1.